The summed E-state index contributed by atoms with van der Waals surface area (Å²) in [6, 6.07) is 13.8. The van der Waals surface area contributed by atoms with E-state index in [1.54, 1.807) is 36.4 Å². The lowest BCUT2D eigenvalue weighted by Crippen LogP contribution is -2.14. The van der Waals surface area contributed by atoms with Crippen molar-refractivity contribution < 1.29 is 13.5 Å². The Bertz CT molecular complexity index is 1110. The minimum atomic E-state index is -3.76. The van der Waals surface area contributed by atoms with Gasteiger partial charge in [0.25, 0.3) is 10.0 Å². The summed E-state index contributed by atoms with van der Waals surface area (Å²) in [5.41, 5.74) is 2.68. The van der Waals surface area contributed by atoms with Gasteiger partial charge in [-0.1, -0.05) is 41.9 Å². The van der Waals surface area contributed by atoms with Gasteiger partial charge in [-0.15, -0.1) is 0 Å². The fourth-order valence-electron chi connectivity index (χ4n) is 3.49. The van der Waals surface area contributed by atoms with Crippen molar-refractivity contribution in [3.8, 4) is 5.75 Å². The molecule has 0 bridgehead atoms. The molecule has 0 amide bonds. The zero-order chi connectivity index (χ0) is 18.3. The molecule has 2 N–H and O–H groups in total. The molecule has 0 fully saturated rings. The third-order valence-electron chi connectivity index (χ3n) is 4.84. The lowest BCUT2D eigenvalue weighted by Gasteiger charge is -2.17. The summed E-state index contributed by atoms with van der Waals surface area (Å²) in [6.07, 6.45) is 4.14. The number of sulfonamides is 1. The van der Waals surface area contributed by atoms with Crippen molar-refractivity contribution in [3.05, 3.63) is 64.7 Å². The van der Waals surface area contributed by atoms with Crippen LogP contribution in [0.15, 0.2) is 53.4 Å². The van der Waals surface area contributed by atoms with Gasteiger partial charge in [-0.2, -0.15) is 0 Å². The first-order valence-corrected chi connectivity index (χ1v) is 10.4. The quantitative estimate of drug-likeness (QED) is 0.629. The van der Waals surface area contributed by atoms with E-state index in [0.717, 1.165) is 31.2 Å². The molecule has 4 nitrogen and oxygen atoms in total. The van der Waals surface area contributed by atoms with Gasteiger partial charge in [-0.3, -0.25) is 4.72 Å². The standard InChI is InChI=1S/C20H18ClNO3S/c21-18-12-19(16-7-3-4-8-17(16)20(18)23)22-26(24,25)15-10-9-13-5-1-2-6-14(13)11-15/h3-4,7-12,22-23H,1-2,5-6H2. The first-order chi connectivity index (χ1) is 12.5. The van der Waals surface area contributed by atoms with Crippen LogP contribution in [0, 0.1) is 0 Å². The average molecular weight is 388 g/mol. The first kappa shape index (κ1) is 17.2. The van der Waals surface area contributed by atoms with E-state index < -0.39 is 10.0 Å². The molecule has 134 valence electrons. The average Bonchev–Trinajstić information content (AvgIpc) is 2.65. The second kappa shape index (κ2) is 6.49. The van der Waals surface area contributed by atoms with E-state index in [1.807, 2.05) is 6.07 Å². The predicted octanol–water partition coefficient (Wildman–Crippen LogP) is 4.88. The van der Waals surface area contributed by atoms with Crippen LogP contribution >= 0.6 is 11.6 Å². The fourth-order valence-corrected chi connectivity index (χ4v) is 4.82. The van der Waals surface area contributed by atoms with Crippen LogP contribution in [0.5, 0.6) is 5.75 Å². The van der Waals surface area contributed by atoms with Crippen molar-refractivity contribution in [1.29, 1.82) is 0 Å². The second-order valence-corrected chi connectivity index (χ2v) is 8.63. The van der Waals surface area contributed by atoms with Gasteiger partial charge in [-0.25, -0.2) is 8.42 Å². The van der Waals surface area contributed by atoms with Crippen molar-refractivity contribution in [1.82, 2.24) is 0 Å². The summed E-state index contributed by atoms with van der Waals surface area (Å²) >= 11 is 6.08. The maximum atomic E-state index is 12.9. The monoisotopic (exact) mass is 387 g/mol. The van der Waals surface area contributed by atoms with Gasteiger partial charge < -0.3 is 5.11 Å². The third kappa shape index (κ3) is 3.02. The Morgan fingerprint density at radius 2 is 1.62 bits per heavy atom. The molecule has 0 radical (unpaired) electrons. The van der Waals surface area contributed by atoms with Crippen LogP contribution in [0.3, 0.4) is 0 Å². The molecule has 1 aliphatic carbocycles. The van der Waals surface area contributed by atoms with Gasteiger partial charge >= 0.3 is 0 Å². The summed E-state index contributed by atoms with van der Waals surface area (Å²) in [7, 11) is -3.76. The molecule has 26 heavy (non-hydrogen) atoms. The number of halogens is 1. The van der Waals surface area contributed by atoms with Crippen LogP contribution in [0.25, 0.3) is 10.8 Å². The van der Waals surface area contributed by atoms with E-state index in [-0.39, 0.29) is 15.7 Å². The highest BCUT2D eigenvalue weighted by Gasteiger charge is 2.20. The van der Waals surface area contributed by atoms with Crippen LogP contribution in [0.1, 0.15) is 24.0 Å². The van der Waals surface area contributed by atoms with E-state index in [4.69, 9.17) is 11.6 Å². The lowest BCUT2D eigenvalue weighted by molar-refractivity contribution is 0.482. The zero-order valence-corrected chi connectivity index (χ0v) is 15.6. The van der Waals surface area contributed by atoms with Crippen LogP contribution in [-0.2, 0) is 22.9 Å². The molecule has 0 saturated heterocycles. The smallest absolute Gasteiger partial charge is 0.261 e. The minimum absolute atomic E-state index is 0.0565. The SMILES string of the molecule is O=S(=O)(Nc1cc(Cl)c(O)c2ccccc12)c1ccc2c(c1)CCCC2. The summed E-state index contributed by atoms with van der Waals surface area (Å²) in [5.74, 6) is -0.0565. The van der Waals surface area contributed by atoms with Gasteiger partial charge in [0.2, 0.25) is 0 Å². The molecule has 6 heteroatoms. The highest BCUT2D eigenvalue weighted by molar-refractivity contribution is 7.92. The summed E-state index contributed by atoms with van der Waals surface area (Å²) in [4.78, 5) is 0.242. The van der Waals surface area contributed by atoms with Crippen molar-refractivity contribution in [2.45, 2.75) is 30.6 Å². The Hall–Kier alpha value is -2.24. The summed E-state index contributed by atoms with van der Waals surface area (Å²) < 4.78 is 28.5. The van der Waals surface area contributed by atoms with E-state index >= 15 is 0 Å². The van der Waals surface area contributed by atoms with Crippen molar-refractivity contribution in [3.63, 3.8) is 0 Å². The van der Waals surface area contributed by atoms with Crippen LogP contribution in [0.2, 0.25) is 5.02 Å². The molecular formula is C20H18ClNO3S. The number of hydrogen-bond acceptors (Lipinski definition) is 3. The molecule has 0 aromatic heterocycles. The van der Waals surface area contributed by atoms with Crippen LogP contribution in [0.4, 0.5) is 5.69 Å². The Balaban J connectivity index is 1.77. The van der Waals surface area contributed by atoms with Gasteiger partial charge in [0.15, 0.2) is 0 Å². The molecule has 0 atom stereocenters. The normalized spacial score (nSPS) is 14.2. The van der Waals surface area contributed by atoms with Crippen molar-refractivity contribution >= 4 is 38.1 Å². The lowest BCUT2D eigenvalue weighted by atomic mass is 9.92. The van der Waals surface area contributed by atoms with Gasteiger partial charge in [0.1, 0.15) is 5.75 Å². The van der Waals surface area contributed by atoms with Crippen LogP contribution < -0.4 is 4.72 Å². The fraction of sp³-hybridized carbons (Fsp3) is 0.200. The molecule has 1 aliphatic rings. The number of hydrogen-bond donors (Lipinski definition) is 2. The van der Waals surface area contributed by atoms with E-state index in [1.165, 1.54) is 11.6 Å². The Morgan fingerprint density at radius 3 is 2.38 bits per heavy atom. The maximum Gasteiger partial charge on any atom is 0.261 e. The number of aryl methyl sites for hydroxylation is 2. The summed E-state index contributed by atoms with van der Waals surface area (Å²) in [6.45, 7) is 0. The molecule has 0 spiro atoms. The number of rotatable bonds is 3. The third-order valence-corrected chi connectivity index (χ3v) is 6.50. The topological polar surface area (TPSA) is 66.4 Å². The number of phenolic OH excluding ortho intramolecular Hbond substituents is 1. The van der Waals surface area contributed by atoms with E-state index in [9.17, 15) is 13.5 Å². The molecule has 0 aliphatic heterocycles. The minimum Gasteiger partial charge on any atom is -0.506 e. The first-order valence-electron chi connectivity index (χ1n) is 8.50. The molecule has 0 unspecified atom stereocenters. The highest BCUT2D eigenvalue weighted by Crippen LogP contribution is 2.38. The van der Waals surface area contributed by atoms with Crippen LogP contribution in [-0.4, -0.2) is 13.5 Å². The number of benzene rings is 3. The van der Waals surface area contributed by atoms with Crippen molar-refractivity contribution in [2.24, 2.45) is 0 Å². The van der Waals surface area contributed by atoms with E-state index in [0.29, 0.717) is 16.5 Å². The van der Waals surface area contributed by atoms with Crippen molar-refractivity contribution in [2.75, 3.05) is 4.72 Å². The second-order valence-electron chi connectivity index (χ2n) is 6.54. The molecule has 3 aromatic rings. The summed E-state index contributed by atoms with van der Waals surface area (Å²) in [5, 5.41) is 11.3. The number of aromatic hydroxyl groups is 1. The van der Waals surface area contributed by atoms with Gasteiger partial charge in [0.05, 0.1) is 15.6 Å². The predicted molar refractivity (Wildman–Crippen MR) is 105 cm³/mol. The molecular weight excluding hydrogens is 370 g/mol. The largest absolute Gasteiger partial charge is 0.506 e. The maximum absolute atomic E-state index is 12.9. The molecule has 4 rings (SSSR count). The number of phenols is 1. The molecule has 0 heterocycles. The van der Waals surface area contributed by atoms with Gasteiger partial charge in [-0.05, 0) is 55.0 Å². The number of anilines is 1. The Morgan fingerprint density at radius 1 is 0.923 bits per heavy atom. The molecule has 3 aromatic carbocycles. The Kier molecular flexibility index (Phi) is 4.29. The zero-order valence-electron chi connectivity index (χ0n) is 14.0. The Labute approximate surface area is 157 Å². The molecule has 0 saturated carbocycles. The number of nitrogens with one attached hydrogen (secondary N) is 1. The number of fused-ring (bicyclic) bond motifs is 2. The highest BCUT2D eigenvalue weighted by atomic mass is 35.5. The van der Waals surface area contributed by atoms with E-state index in [2.05, 4.69) is 4.72 Å². The van der Waals surface area contributed by atoms with Gasteiger partial charge in [0, 0.05) is 10.8 Å².